The van der Waals surface area contributed by atoms with E-state index in [4.69, 9.17) is 27.9 Å². The average Bonchev–Trinajstić information content (AvgIpc) is 2.40. The Kier molecular flexibility index (Phi) is 5.85. The minimum Gasteiger partial charge on any atom is -0.479 e. The summed E-state index contributed by atoms with van der Waals surface area (Å²) in [5.74, 6) is -1.24. The lowest BCUT2D eigenvalue weighted by molar-refractivity contribution is -0.142. The fraction of sp³-hybridized carbons (Fsp3) is 0.231. The van der Waals surface area contributed by atoms with Gasteiger partial charge in [-0.2, -0.15) is 0 Å². The van der Waals surface area contributed by atoms with Crippen LogP contribution in [0.1, 0.15) is 11.6 Å². The SMILES string of the molecule is C=CCOC(=O)N(C)C(C(=O)O)c1cccc(Cl)c1Cl. The predicted octanol–water partition coefficient (Wildman–Crippen LogP) is 3.37. The molecule has 1 rings (SSSR count). The van der Waals surface area contributed by atoms with Gasteiger partial charge in [-0.05, 0) is 6.07 Å². The number of halogens is 2. The highest BCUT2D eigenvalue weighted by Crippen LogP contribution is 2.32. The third kappa shape index (κ3) is 3.65. The number of nitrogens with zero attached hydrogens (tertiary/aromatic N) is 1. The van der Waals surface area contributed by atoms with Gasteiger partial charge in [0, 0.05) is 12.6 Å². The van der Waals surface area contributed by atoms with E-state index in [1.54, 1.807) is 6.07 Å². The number of benzene rings is 1. The van der Waals surface area contributed by atoms with E-state index in [1.165, 1.54) is 25.3 Å². The second-order valence-electron chi connectivity index (χ2n) is 3.86. The van der Waals surface area contributed by atoms with E-state index < -0.39 is 18.1 Å². The van der Waals surface area contributed by atoms with Crippen molar-refractivity contribution in [3.05, 3.63) is 46.5 Å². The van der Waals surface area contributed by atoms with Gasteiger partial charge in [0.2, 0.25) is 0 Å². The first kappa shape index (κ1) is 16.3. The summed E-state index contributed by atoms with van der Waals surface area (Å²) in [5, 5.41) is 9.61. The lowest BCUT2D eigenvalue weighted by atomic mass is 10.1. The van der Waals surface area contributed by atoms with Crippen LogP contribution in [0.25, 0.3) is 0 Å². The van der Waals surface area contributed by atoms with E-state index in [-0.39, 0.29) is 22.2 Å². The Morgan fingerprint density at radius 3 is 2.70 bits per heavy atom. The van der Waals surface area contributed by atoms with Crippen molar-refractivity contribution in [2.45, 2.75) is 6.04 Å². The van der Waals surface area contributed by atoms with Gasteiger partial charge >= 0.3 is 12.1 Å². The van der Waals surface area contributed by atoms with Gasteiger partial charge in [0.05, 0.1) is 10.0 Å². The molecule has 1 amide bonds. The summed E-state index contributed by atoms with van der Waals surface area (Å²) in [6.45, 7) is 3.39. The van der Waals surface area contributed by atoms with Crippen LogP contribution in [0.15, 0.2) is 30.9 Å². The summed E-state index contributed by atoms with van der Waals surface area (Å²) in [6, 6.07) is 3.29. The number of likely N-dealkylation sites (N-methyl/N-ethyl adjacent to an activating group) is 1. The van der Waals surface area contributed by atoms with E-state index in [9.17, 15) is 14.7 Å². The van der Waals surface area contributed by atoms with Crippen LogP contribution < -0.4 is 0 Å². The first-order valence-corrected chi connectivity index (χ1v) is 6.33. The molecule has 0 aliphatic carbocycles. The Morgan fingerprint density at radius 1 is 1.50 bits per heavy atom. The van der Waals surface area contributed by atoms with Gasteiger partial charge in [0.25, 0.3) is 0 Å². The van der Waals surface area contributed by atoms with Gasteiger partial charge in [-0.25, -0.2) is 9.59 Å². The molecule has 1 unspecified atom stereocenters. The molecule has 0 aliphatic heterocycles. The highest BCUT2D eigenvalue weighted by atomic mass is 35.5. The zero-order valence-corrected chi connectivity index (χ0v) is 12.2. The van der Waals surface area contributed by atoms with Crippen molar-refractivity contribution < 1.29 is 19.4 Å². The summed E-state index contributed by atoms with van der Waals surface area (Å²) in [7, 11) is 1.31. The highest BCUT2D eigenvalue weighted by Gasteiger charge is 2.31. The Hall–Kier alpha value is -1.72. The number of amides is 1. The number of hydrogen-bond acceptors (Lipinski definition) is 3. The number of carbonyl (C=O) groups is 2. The molecule has 0 fully saturated rings. The van der Waals surface area contributed by atoms with Crippen molar-refractivity contribution in [1.29, 1.82) is 0 Å². The van der Waals surface area contributed by atoms with Gasteiger partial charge in [-0.15, -0.1) is 0 Å². The second kappa shape index (κ2) is 7.17. The number of rotatable bonds is 5. The number of carboxylic acids is 1. The monoisotopic (exact) mass is 317 g/mol. The van der Waals surface area contributed by atoms with Gasteiger partial charge < -0.3 is 9.84 Å². The number of hydrogen-bond donors (Lipinski definition) is 1. The van der Waals surface area contributed by atoms with Gasteiger partial charge in [-0.1, -0.05) is 48.0 Å². The molecule has 0 aromatic heterocycles. The fourth-order valence-electron chi connectivity index (χ4n) is 1.58. The first-order valence-electron chi connectivity index (χ1n) is 5.57. The van der Waals surface area contributed by atoms with Crippen molar-refractivity contribution >= 4 is 35.3 Å². The maximum atomic E-state index is 11.7. The van der Waals surface area contributed by atoms with E-state index in [0.29, 0.717) is 0 Å². The standard InChI is InChI=1S/C13H13Cl2NO4/c1-3-7-20-13(19)16(2)11(12(17)18)8-5-4-6-9(14)10(8)15/h3-6,11H,1,7H2,2H3,(H,17,18). The lowest BCUT2D eigenvalue weighted by Crippen LogP contribution is -2.36. The van der Waals surface area contributed by atoms with Crippen LogP contribution in [0.2, 0.25) is 10.0 Å². The molecule has 0 saturated heterocycles. The maximum Gasteiger partial charge on any atom is 0.410 e. The van der Waals surface area contributed by atoms with Gasteiger partial charge in [0.15, 0.2) is 6.04 Å². The van der Waals surface area contributed by atoms with Crippen molar-refractivity contribution in [2.75, 3.05) is 13.7 Å². The van der Waals surface area contributed by atoms with Crippen molar-refractivity contribution in [2.24, 2.45) is 0 Å². The molecule has 1 aromatic carbocycles. The molecule has 1 N–H and O–H groups in total. The largest absolute Gasteiger partial charge is 0.479 e. The van der Waals surface area contributed by atoms with Crippen LogP contribution in [-0.4, -0.2) is 35.7 Å². The molecule has 20 heavy (non-hydrogen) atoms. The zero-order valence-electron chi connectivity index (χ0n) is 10.7. The maximum absolute atomic E-state index is 11.7. The van der Waals surface area contributed by atoms with Crippen LogP contribution in [0.4, 0.5) is 4.79 Å². The third-order valence-corrected chi connectivity index (χ3v) is 3.34. The van der Waals surface area contributed by atoms with E-state index in [1.807, 2.05) is 0 Å². The summed E-state index contributed by atoms with van der Waals surface area (Å²) < 4.78 is 4.81. The minimum absolute atomic E-state index is 0.0151. The molecule has 0 aliphatic rings. The Labute approximate surface area is 126 Å². The number of aliphatic carboxylic acids is 1. The predicted molar refractivity (Wildman–Crippen MR) is 76.1 cm³/mol. The smallest absolute Gasteiger partial charge is 0.410 e. The Morgan fingerprint density at radius 2 is 2.15 bits per heavy atom. The molecule has 1 aromatic rings. The van der Waals surface area contributed by atoms with E-state index in [2.05, 4.69) is 6.58 Å². The number of carbonyl (C=O) groups excluding carboxylic acids is 1. The molecule has 0 bridgehead atoms. The van der Waals surface area contributed by atoms with E-state index >= 15 is 0 Å². The summed E-state index contributed by atoms with van der Waals surface area (Å²) in [4.78, 5) is 24.1. The third-order valence-electron chi connectivity index (χ3n) is 2.51. The first-order chi connectivity index (χ1) is 9.40. The summed E-state index contributed by atoms with van der Waals surface area (Å²) >= 11 is 11.9. The molecule has 0 spiro atoms. The zero-order chi connectivity index (χ0) is 15.3. The van der Waals surface area contributed by atoms with Crippen molar-refractivity contribution in [1.82, 2.24) is 4.90 Å². The Bertz CT molecular complexity index is 533. The number of ether oxygens (including phenoxy) is 1. The van der Waals surface area contributed by atoms with Crippen LogP contribution >= 0.6 is 23.2 Å². The topological polar surface area (TPSA) is 66.8 Å². The highest BCUT2D eigenvalue weighted by molar-refractivity contribution is 6.42. The molecule has 7 heteroatoms. The van der Waals surface area contributed by atoms with Crippen molar-refractivity contribution in [3.63, 3.8) is 0 Å². The quantitative estimate of drug-likeness (QED) is 0.845. The van der Waals surface area contributed by atoms with Crippen molar-refractivity contribution in [3.8, 4) is 0 Å². The fourth-order valence-corrected chi connectivity index (χ4v) is 1.99. The van der Waals surface area contributed by atoms with Crippen LogP contribution in [0.3, 0.4) is 0 Å². The molecular weight excluding hydrogens is 305 g/mol. The summed E-state index contributed by atoms with van der Waals surface area (Å²) in [5.41, 5.74) is 0.213. The second-order valence-corrected chi connectivity index (χ2v) is 4.65. The Balaban J connectivity index is 3.11. The lowest BCUT2D eigenvalue weighted by Gasteiger charge is -2.25. The molecule has 0 saturated carbocycles. The molecule has 5 nitrogen and oxygen atoms in total. The number of carboxylic acid groups (broad SMARTS) is 1. The van der Waals surface area contributed by atoms with Gasteiger partial charge in [-0.3, -0.25) is 4.90 Å². The minimum atomic E-state index is -1.29. The average molecular weight is 318 g/mol. The van der Waals surface area contributed by atoms with E-state index in [0.717, 1.165) is 4.90 Å². The van der Waals surface area contributed by atoms with Crippen LogP contribution in [0.5, 0.6) is 0 Å². The van der Waals surface area contributed by atoms with Crippen LogP contribution in [-0.2, 0) is 9.53 Å². The van der Waals surface area contributed by atoms with Crippen LogP contribution in [0, 0.1) is 0 Å². The molecule has 108 valence electrons. The normalized spacial score (nSPS) is 11.6. The molecular formula is C13H13Cl2NO4. The summed E-state index contributed by atoms with van der Waals surface area (Å²) in [6.07, 6.45) is 0.585. The molecule has 0 radical (unpaired) electrons. The molecule has 1 atom stereocenters. The molecule has 0 heterocycles. The van der Waals surface area contributed by atoms with Gasteiger partial charge in [0.1, 0.15) is 6.61 Å².